The third-order valence-electron chi connectivity index (χ3n) is 3.74. The van der Waals surface area contributed by atoms with Gasteiger partial charge in [-0.25, -0.2) is 0 Å². The van der Waals surface area contributed by atoms with Gasteiger partial charge in [-0.15, -0.1) is 0 Å². The highest BCUT2D eigenvalue weighted by Crippen LogP contribution is 2.47. The topological polar surface area (TPSA) is 34.1 Å². The second kappa shape index (κ2) is 3.04. The van der Waals surface area contributed by atoms with Gasteiger partial charge in [0.15, 0.2) is 5.78 Å². The van der Waals surface area contributed by atoms with Crippen LogP contribution in [0, 0.1) is 5.41 Å². The Labute approximate surface area is 84.4 Å². The molecule has 76 valence electrons. The van der Waals surface area contributed by atoms with Crippen molar-refractivity contribution in [2.24, 2.45) is 5.41 Å². The Morgan fingerprint density at radius 2 is 1.86 bits per heavy atom. The average Bonchev–Trinajstić information content (AvgIpc) is 2.12. The minimum Gasteiger partial charge on any atom is -0.300 e. The van der Waals surface area contributed by atoms with E-state index in [1.54, 1.807) is 0 Å². The number of Topliss-reactive ketones (excluding diaryl/α,β-unsaturated/α-hetero) is 2. The first kappa shape index (κ1) is 9.63. The van der Waals surface area contributed by atoms with Crippen molar-refractivity contribution in [2.45, 2.75) is 46.0 Å². The molecular weight excluding hydrogens is 176 g/mol. The van der Waals surface area contributed by atoms with E-state index in [4.69, 9.17) is 0 Å². The van der Waals surface area contributed by atoms with Gasteiger partial charge in [0, 0.05) is 19.3 Å². The van der Waals surface area contributed by atoms with E-state index < -0.39 is 0 Å². The molecule has 0 radical (unpaired) electrons. The van der Waals surface area contributed by atoms with Crippen molar-refractivity contribution in [1.82, 2.24) is 0 Å². The number of hydrogen-bond donors (Lipinski definition) is 0. The molecule has 0 aliphatic heterocycles. The van der Waals surface area contributed by atoms with Crippen LogP contribution in [0.5, 0.6) is 0 Å². The largest absolute Gasteiger partial charge is 0.300 e. The molecule has 1 atom stereocenters. The van der Waals surface area contributed by atoms with Crippen LogP contribution in [0.25, 0.3) is 0 Å². The summed E-state index contributed by atoms with van der Waals surface area (Å²) in [5.74, 6) is 0.644. The van der Waals surface area contributed by atoms with Gasteiger partial charge in [-0.2, -0.15) is 0 Å². The van der Waals surface area contributed by atoms with E-state index in [1.165, 1.54) is 5.57 Å². The molecule has 1 fully saturated rings. The Morgan fingerprint density at radius 1 is 1.14 bits per heavy atom. The monoisotopic (exact) mass is 192 g/mol. The Hall–Kier alpha value is -0.920. The lowest BCUT2D eigenvalue weighted by Crippen LogP contribution is -2.34. The number of hydrogen-bond acceptors (Lipinski definition) is 2. The summed E-state index contributed by atoms with van der Waals surface area (Å²) in [5.41, 5.74) is 2.20. The van der Waals surface area contributed by atoms with Crippen LogP contribution < -0.4 is 0 Å². The summed E-state index contributed by atoms with van der Waals surface area (Å²) in [4.78, 5) is 22.9. The Morgan fingerprint density at radius 3 is 2.57 bits per heavy atom. The lowest BCUT2D eigenvalue weighted by molar-refractivity contribution is -0.124. The van der Waals surface area contributed by atoms with E-state index in [2.05, 4.69) is 6.92 Å². The number of ketones is 2. The van der Waals surface area contributed by atoms with Crippen LogP contribution in [-0.2, 0) is 9.59 Å². The fourth-order valence-electron chi connectivity index (χ4n) is 2.82. The van der Waals surface area contributed by atoms with Crippen LogP contribution in [0.1, 0.15) is 46.0 Å². The van der Waals surface area contributed by atoms with Gasteiger partial charge < -0.3 is 0 Å². The van der Waals surface area contributed by atoms with Gasteiger partial charge in [-0.3, -0.25) is 9.59 Å². The van der Waals surface area contributed by atoms with Crippen molar-refractivity contribution < 1.29 is 9.59 Å². The molecule has 0 aromatic carbocycles. The zero-order chi connectivity index (χ0) is 10.3. The molecule has 2 heteroatoms. The number of rotatable bonds is 0. The maximum absolute atomic E-state index is 11.5. The van der Waals surface area contributed by atoms with Gasteiger partial charge in [-0.05, 0) is 30.8 Å². The minimum atomic E-state index is 0.00727. The van der Waals surface area contributed by atoms with Gasteiger partial charge in [0.1, 0.15) is 5.78 Å². The summed E-state index contributed by atoms with van der Waals surface area (Å²) < 4.78 is 0. The molecule has 0 bridgehead atoms. The fourth-order valence-corrected chi connectivity index (χ4v) is 2.82. The Kier molecular flexibility index (Phi) is 2.09. The van der Waals surface area contributed by atoms with Crippen molar-refractivity contribution >= 4 is 11.6 Å². The van der Waals surface area contributed by atoms with Crippen molar-refractivity contribution in [1.29, 1.82) is 0 Å². The first-order valence-electron chi connectivity index (χ1n) is 5.28. The Balaban J connectivity index is 2.42. The second-order valence-corrected chi connectivity index (χ2v) is 4.80. The van der Waals surface area contributed by atoms with Crippen LogP contribution in [0.4, 0.5) is 0 Å². The molecule has 2 nitrogen and oxygen atoms in total. The number of carbonyl (C=O) groups is 2. The lowest BCUT2D eigenvalue weighted by atomic mass is 9.63. The minimum absolute atomic E-state index is 0.00727. The molecule has 0 aromatic rings. The average molecular weight is 192 g/mol. The summed E-state index contributed by atoms with van der Waals surface area (Å²) in [6.45, 7) is 4.06. The lowest BCUT2D eigenvalue weighted by Gasteiger charge is -2.39. The third kappa shape index (κ3) is 1.33. The van der Waals surface area contributed by atoms with Gasteiger partial charge in [0.2, 0.25) is 0 Å². The molecule has 0 amide bonds. The zero-order valence-corrected chi connectivity index (χ0v) is 8.85. The quantitative estimate of drug-likeness (QED) is 0.590. The standard InChI is InChI=1S/C12H16O2/c1-8-10-4-3-9(13)7-12(10,2)6-5-11(8)14/h3-7H2,1-2H3/t12-/m0/s1. The van der Waals surface area contributed by atoms with Crippen molar-refractivity contribution in [2.75, 3.05) is 0 Å². The summed E-state index contributed by atoms with van der Waals surface area (Å²) in [6, 6.07) is 0. The van der Waals surface area contributed by atoms with Crippen molar-refractivity contribution in [3.05, 3.63) is 11.1 Å². The molecule has 0 heterocycles. The molecule has 2 aliphatic rings. The summed E-state index contributed by atoms with van der Waals surface area (Å²) in [7, 11) is 0. The highest BCUT2D eigenvalue weighted by molar-refractivity contribution is 5.97. The molecule has 2 rings (SSSR count). The predicted octanol–water partition coefficient (Wildman–Crippen LogP) is 2.43. The molecule has 2 aliphatic carbocycles. The van der Waals surface area contributed by atoms with Gasteiger partial charge >= 0.3 is 0 Å². The van der Waals surface area contributed by atoms with Crippen LogP contribution in [0.3, 0.4) is 0 Å². The predicted molar refractivity (Wildman–Crippen MR) is 53.9 cm³/mol. The molecule has 1 saturated carbocycles. The second-order valence-electron chi connectivity index (χ2n) is 4.80. The first-order chi connectivity index (χ1) is 6.53. The maximum Gasteiger partial charge on any atom is 0.158 e. The van der Waals surface area contributed by atoms with E-state index in [9.17, 15) is 9.59 Å². The van der Waals surface area contributed by atoms with Gasteiger partial charge in [0.05, 0.1) is 0 Å². The zero-order valence-electron chi connectivity index (χ0n) is 8.85. The van der Waals surface area contributed by atoms with E-state index in [1.807, 2.05) is 6.92 Å². The first-order valence-corrected chi connectivity index (χ1v) is 5.28. The van der Waals surface area contributed by atoms with E-state index in [0.29, 0.717) is 25.0 Å². The number of fused-ring (bicyclic) bond motifs is 1. The molecule has 0 unspecified atom stereocenters. The highest BCUT2D eigenvalue weighted by Gasteiger charge is 2.40. The van der Waals surface area contributed by atoms with E-state index in [0.717, 1.165) is 18.4 Å². The SMILES string of the molecule is CC1=C2CCC(=O)C[C@]2(C)CCC1=O. The van der Waals surface area contributed by atoms with Crippen LogP contribution >= 0.6 is 0 Å². The number of carbonyl (C=O) groups excluding carboxylic acids is 2. The molecule has 0 saturated heterocycles. The number of allylic oxidation sites excluding steroid dienone is 2. The van der Waals surface area contributed by atoms with E-state index >= 15 is 0 Å². The molecule has 0 spiro atoms. The molecule has 0 N–H and O–H groups in total. The molecule has 0 aromatic heterocycles. The molecular formula is C12H16O2. The van der Waals surface area contributed by atoms with Crippen molar-refractivity contribution in [3.8, 4) is 0 Å². The van der Waals surface area contributed by atoms with Crippen molar-refractivity contribution in [3.63, 3.8) is 0 Å². The third-order valence-corrected chi connectivity index (χ3v) is 3.74. The van der Waals surface area contributed by atoms with Gasteiger partial charge in [0.25, 0.3) is 0 Å². The van der Waals surface area contributed by atoms with E-state index in [-0.39, 0.29) is 11.2 Å². The van der Waals surface area contributed by atoms with Crippen LogP contribution in [-0.4, -0.2) is 11.6 Å². The van der Waals surface area contributed by atoms with Crippen LogP contribution in [0.2, 0.25) is 0 Å². The van der Waals surface area contributed by atoms with Crippen LogP contribution in [0.15, 0.2) is 11.1 Å². The Bertz CT molecular complexity index is 338. The summed E-state index contributed by atoms with van der Waals surface area (Å²) >= 11 is 0. The fraction of sp³-hybridized carbons (Fsp3) is 0.667. The smallest absolute Gasteiger partial charge is 0.158 e. The normalized spacial score (nSPS) is 33.3. The summed E-state index contributed by atoms with van der Waals surface area (Å²) in [5, 5.41) is 0. The van der Waals surface area contributed by atoms with Gasteiger partial charge in [-0.1, -0.05) is 12.5 Å². The maximum atomic E-state index is 11.5. The summed E-state index contributed by atoms with van der Waals surface area (Å²) in [6.07, 6.45) is 3.58. The molecule has 14 heavy (non-hydrogen) atoms. The highest BCUT2D eigenvalue weighted by atomic mass is 16.1.